The van der Waals surface area contributed by atoms with Crippen molar-refractivity contribution in [3.05, 3.63) is 33.3 Å². The molecular formula is C15H21BrClN. The fourth-order valence-electron chi connectivity index (χ4n) is 2.82. The maximum absolute atomic E-state index is 6.22. The Morgan fingerprint density at radius 2 is 2.06 bits per heavy atom. The lowest BCUT2D eigenvalue weighted by Crippen LogP contribution is -2.23. The van der Waals surface area contributed by atoms with Crippen molar-refractivity contribution in [2.75, 3.05) is 0 Å². The van der Waals surface area contributed by atoms with Crippen LogP contribution in [0, 0.1) is 5.92 Å². The first-order valence-corrected chi connectivity index (χ1v) is 8.02. The Labute approximate surface area is 123 Å². The molecule has 0 aliphatic heterocycles. The van der Waals surface area contributed by atoms with E-state index in [4.69, 9.17) is 17.3 Å². The molecule has 0 saturated heterocycles. The largest absolute Gasteiger partial charge is 0.327 e. The average molecular weight is 331 g/mol. The van der Waals surface area contributed by atoms with E-state index in [1.807, 2.05) is 12.1 Å². The van der Waals surface area contributed by atoms with Gasteiger partial charge in [-0.2, -0.15) is 0 Å². The third-order valence-corrected chi connectivity index (χ3v) is 4.76. The van der Waals surface area contributed by atoms with Crippen LogP contribution in [0.5, 0.6) is 0 Å². The highest BCUT2D eigenvalue weighted by atomic mass is 79.9. The highest BCUT2D eigenvalue weighted by Gasteiger charge is 2.16. The number of halogens is 2. The molecule has 1 atom stereocenters. The molecule has 2 N–H and O–H groups in total. The van der Waals surface area contributed by atoms with Crippen molar-refractivity contribution in [3.63, 3.8) is 0 Å². The van der Waals surface area contributed by atoms with Gasteiger partial charge in [0, 0.05) is 15.5 Å². The third-order valence-electron chi connectivity index (χ3n) is 3.92. The van der Waals surface area contributed by atoms with E-state index in [2.05, 4.69) is 22.0 Å². The molecule has 2 rings (SSSR count). The number of hydrogen-bond acceptors (Lipinski definition) is 1. The Morgan fingerprint density at radius 3 is 2.72 bits per heavy atom. The summed E-state index contributed by atoms with van der Waals surface area (Å²) in [6, 6.07) is 6.29. The van der Waals surface area contributed by atoms with Crippen molar-refractivity contribution >= 4 is 27.5 Å². The monoisotopic (exact) mass is 329 g/mol. The van der Waals surface area contributed by atoms with Gasteiger partial charge >= 0.3 is 0 Å². The molecule has 1 fully saturated rings. The standard InChI is InChI=1S/C15H21BrClN/c16-13-7-6-12(15(17)10-13)9-14(18)8-5-11-3-1-2-4-11/h6-7,10-11,14H,1-5,8-9,18H2. The van der Waals surface area contributed by atoms with Crippen LogP contribution in [-0.4, -0.2) is 6.04 Å². The zero-order chi connectivity index (χ0) is 13.0. The molecule has 3 heteroatoms. The predicted octanol–water partition coefficient (Wildman–Crippen LogP) is 4.94. The minimum absolute atomic E-state index is 0.240. The van der Waals surface area contributed by atoms with E-state index < -0.39 is 0 Å². The van der Waals surface area contributed by atoms with Gasteiger partial charge in [0.1, 0.15) is 0 Å². The van der Waals surface area contributed by atoms with E-state index >= 15 is 0 Å². The van der Waals surface area contributed by atoms with E-state index in [1.165, 1.54) is 37.7 Å². The Kier molecular flexibility index (Phi) is 5.53. The Balaban J connectivity index is 1.80. The lowest BCUT2D eigenvalue weighted by atomic mass is 9.95. The normalized spacial score (nSPS) is 18.2. The Bertz CT molecular complexity index is 388. The van der Waals surface area contributed by atoms with Gasteiger partial charge in [-0.05, 0) is 42.9 Å². The fraction of sp³-hybridized carbons (Fsp3) is 0.600. The van der Waals surface area contributed by atoms with Crippen molar-refractivity contribution < 1.29 is 0 Å². The fourth-order valence-corrected chi connectivity index (χ4v) is 3.57. The van der Waals surface area contributed by atoms with Gasteiger partial charge in [-0.1, -0.05) is 59.3 Å². The molecule has 0 amide bonds. The summed E-state index contributed by atoms with van der Waals surface area (Å²) < 4.78 is 1.02. The number of hydrogen-bond donors (Lipinski definition) is 1. The Morgan fingerprint density at radius 1 is 1.33 bits per heavy atom. The summed E-state index contributed by atoms with van der Waals surface area (Å²) in [6.07, 6.45) is 8.94. The van der Waals surface area contributed by atoms with Crippen LogP contribution in [-0.2, 0) is 6.42 Å². The molecule has 1 nitrogen and oxygen atoms in total. The van der Waals surface area contributed by atoms with Crippen molar-refractivity contribution in [2.24, 2.45) is 11.7 Å². The smallest absolute Gasteiger partial charge is 0.0449 e. The quantitative estimate of drug-likeness (QED) is 0.812. The highest BCUT2D eigenvalue weighted by Crippen LogP contribution is 2.29. The van der Waals surface area contributed by atoms with Crippen LogP contribution >= 0.6 is 27.5 Å². The lowest BCUT2D eigenvalue weighted by Gasteiger charge is -2.15. The molecular weight excluding hydrogens is 310 g/mol. The molecule has 0 bridgehead atoms. The van der Waals surface area contributed by atoms with Crippen molar-refractivity contribution in [2.45, 2.75) is 51.0 Å². The first-order chi connectivity index (χ1) is 8.65. The molecule has 0 heterocycles. The molecule has 1 aliphatic rings. The second-order valence-corrected chi connectivity index (χ2v) is 6.75. The third kappa shape index (κ3) is 4.25. The van der Waals surface area contributed by atoms with Gasteiger partial charge in [0.05, 0.1) is 0 Å². The van der Waals surface area contributed by atoms with Crippen LogP contribution in [0.2, 0.25) is 5.02 Å². The van der Waals surface area contributed by atoms with Gasteiger partial charge in [-0.15, -0.1) is 0 Å². The van der Waals surface area contributed by atoms with Crippen molar-refractivity contribution in [1.82, 2.24) is 0 Å². The molecule has 1 aromatic carbocycles. The van der Waals surface area contributed by atoms with Gasteiger partial charge in [0.2, 0.25) is 0 Å². The first kappa shape index (κ1) is 14.4. The van der Waals surface area contributed by atoms with Crippen LogP contribution in [0.25, 0.3) is 0 Å². The number of nitrogens with two attached hydrogens (primary N) is 1. The molecule has 1 aliphatic carbocycles. The zero-order valence-corrected chi connectivity index (χ0v) is 13.0. The minimum Gasteiger partial charge on any atom is -0.327 e. The molecule has 0 radical (unpaired) electrons. The molecule has 0 spiro atoms. The first-order valence-electron chi connectivity index (χ1n) is 6.84. The van der Waals surface area contributed by atoms with Gasteiger partial charge in [-0.3, -0.25) is 0 Å². The molecule has 1 unspecified atom stereocenters. The van der Waals surface area contributed by atoms with E-state index in [0.29, 0.717) is 0 Å². The van der Waals surface area contributed by atoms with Gasteiger partial charge in [-0.25, -0.2) is 0 Å². The summed E-state index contributed by atoms with van der Waals surface area (Å²) in [7, 11) is 0. The van der Waals surface area contributed by atoms with Crippen LogP contribution in [0.3, 0.4) is 0 Å². The van der Waals surface area contributed by atoms with Crippen LogP contribution in [0.4, 0.5) is 0 Å². The summed E-state index contributed by atoms with van der Waals surface area (Å²) >= 11 is 9.64. The van der Waals surface area contributed by atoms with Crippen LogP contribution < -0.4 is 5.73 Å². The topological polar surface area (TPSA) is 26.0 Å². The van der Waals surface area contributed by atoms with E-state index in [0.717, 1.165) is 28.3 Å². The minimum atomic E-state index is 0.240. The second kappa shape index (κ2) is 6.93. The summed E-state index contributed by atoms with van der Waals surface area (Å²) in [5.74, 6) is 0.927. The molecule has 18 heavy (non-hydrogen) atoms. The summed E-state index contributed by atoms with van der Waals surface area (Å²) in [5, 5.41) is 0.820. The van der Waals surface area contributed by atoms with Gasteiger partial charge in [0.25, 0.3) is 0 Å². The summed E-state index contributed by atoms with van der Waals surface area (Å²) in [5.41, 5.74) is 7.39. The van der Waals surface area contributed by atoms with Gasteiger partial charge in [0.15, 0.2) is 0 Å². The van der Waals surface area contributed by atoms with E-state index in [9.17, 15) is 0 Å². The predicted molar refractivity (Wildman–Crippen MR) is 82.0 cm³/mol. The van der Waals surface area contributed by atoms with Crippen LogP contribution in [0.1, 0.15) is 44.1 Å². The second-order valence-electron chi connectivity index (χ2n) is 5.43. The summed E-state index contributed by atoms with van der Waals surface area (Å²) in [4.78, 5) is 0. The zero-order valence-electron chi connectivity index (χ0n) is 10.7. The highest BCUT2D eigenvalue weighted by molar-refractivity contribution is 9.10. The maximum atomic E-state index is 6.22. The number of rotatable bonds is 5. The average Bonchev–Trinajstić information content (AvgIpc) is 2.83. The molecule has 1 aromatic rings. The molecule has 100 valence electrons. The number of benzene rings is 1. The van der Waals surface area contributed by atoms with Crippen molar-refractivity contribution in [3.8, 4) is 0 Å². The SMILES string of the molecule is NC(CCC1CCCC1)Cc1ccc(Br)cc1Cl. The van der Waals surface area contributed by atoms with Crippen LogP contribution in [0.15, 0.2) is 22.7 Å². The molecule has 0 aromatic heterocycles. The summed E-state index contributed by atoms with van der Waals surface area (Å²) in [6.45, 7) is 0. The van der Waals surface area contributed by atoms with E-state index in [-0.39, 0.29) is 6.04 Å². The lowest BCUT2D eigenvalue weighted by molar-refractivity contribution is 0.447. The van der Waals surface area contributed by atoms with Gasteiger partial charge < -0.3 is 5.73 Å². The van der Waals surface area contributed by atoms with E-state index in [1.54, 1.807) is 0 Å². The Hall–Kier alpha value is -0.0500. The van der Waals surface area contributed by atoms with Crippen molar-refractivity contribution in [1.29, 1.82) is 0 Å². The maximum Gasteiger partial charge on any atom is 0.0449 e. The molecule has 1 saturated carbocycles.